The van der Waals surface area contributed by atoms with Gasteiger partial charge in [-0.15, -0.1) is 0 Å². The molecule has 1 heterocycles. The minimum Gasteiger partial charge on any atom is -0.504 e. The van der Waals surface area contributed by atoms with Crippen LogP contribution >= 0.6 is 0 Å². The van der Waals surface area contributed by atoms with Crippen molar-refractivity contribution in [1.29, 1.82) is 0 Å². The Morgan fingerprint density at radius 2 is 1.91 bits per heavy atom. The normalized spacial score (nSPS) is 10.3. The Bertz CT molecular complexity index is 668. The second-order valence-electron chi connectivity index (χ2n) is 4.79. The van der Waals surface area contributed by atoms with Crippen LogP contribution in [0.1, 0.15) is 27.6 Å². The van der Waals surface area contributed by atoms with Gasteiger partial charge in [0.15, 0.2) is 11.5 Å². The van der Waals surface area contributed by atoms with E-state index in [-0.39, 0.29) is 11.6 Å². The largest absolute Gasteiger partial charge is 0.504 e. The van der Waals surface area contributed by atoms with Gasteiger partial charge >= 0.3 is 5.91 Å². The number of rotatable bonds is 5. The molecule has 0 spiro atoms. The molecule has 7 heteroatoms. The third kappa shape index (κ3) is 3.92. The third-order valence-electron chi connectivity index (χ3n) is 2.92. The van der Waals surface area contributed by atoms with Crippen molar-refractivity contribution < 1.29 is 14.6 Å². The first-order chi connectivity index (χ1) is 10.5. The topological polar surface area (TPSA) is 96.4 Å². The Kier molecular flexibility index (Phi) is 4.90. The number of carbonyl (C=O) groups excluding carboxylic acids is 1. The molecule has 7 nitrogen and oxygen atoms in total. The minimum atomic E-state index is -0.405. The van der Waals surface area contributed by atoms with Gasteiger partial charge in [-0.2, -0.15) is 0 Å². The molecule has 0 unspecified atom stereocenters. The summed E-state index contributed by atoms with van der Waals surface area (Å²) < 4.78 is 5.02. The standard InChI is InChI=1S/C15H18N4O3/c1-9-6-10(2)18-14(17-9)15(21)19-16-8-11-4-5-12(20)13(7-11)22-3/h4-7,16,20H,8H2,1-3H3,(H,19,21). The highest BCUT2D eigenvalue weighted by atomic mass is 16.5. The van der Waals surface area contributed by atoms with Gasteiger partial charge in [0.2, 0.25) is 5.82 Å². The predicted molar refractivity (Wildman–Crippen MR) is 80.5 cm³/mol. The average molecular weight is 302 g/mol. The van der Waals surface area contributed by atoms with Crippen molar-refractivity contribution in [2.24, 2.45) is 0 Å². The maximum absolute atomic E-state index is 12.0. The van der Waals surface area contributed by atoms with Gasteiger partial charge in [-0.05, 0) is 37.6 Å². The highest BCUT2D eigenvalue weighted by Gasteiger charge is 2.10. The number of hydrogen-bond donors (Lipinski definition) is 3. The van der Waals surface area contributed by atoms with Gasteiger partial charge in [-0.25, -0.2) is 15.4 Å². The lowest BCUT2D eigenvalue weighted by molar-refractivity contribution is 0.0921. The number of carbonyl (C=O) groups is 1. The van der Waals surface area contributed by atoms with Crippen LogP contribution in [0.2, 0.25) is 0 Å². The smallest absolute Gasteiger partial charge is 0.303 e. The Hall–Kier alpha value is -2.67. The fourth-order valence-corrected chi connectivity index (χ4v) is 1.94. The number of nitrogens with zero attached hydrogens (tertiary/aromatic N) is 2. The van der Waals surface area contributed by atoms with Crippen molar-refractivity contribution in [2.75, 3.05) is 7.11 Å². The molecule has 0 saturated heterocycles. The van der Waals surface area contributed by atoms with Crippen LogP contribution in [0.25, 0.3) is 0 Å². The zero-order valence-electron chi connectivity index (χ0n) is 12.7. The third-order valence-corrected chi connectivity index (χ3v) is 2.92. The summed E-state index contributed by atoms with van der Waals surface area (Å²) in [5, 5.41) is 9.52. The van der Waals surface area contributed by atoms with Gasteiger partial charge in [-0.3, -0.25) is 10.2 Å². The molecule has 116 valence electrons. The Morgan fingerprint density at radius 1 is 1.23 bits per heavy atom. The molecule has 0 bridgehead atoms. The van der Waals surface area contributed by atoms with Crippen LogP contribution in [0.3, 0.4) is 0 Å². The summed E-state index contributed by atoms with van der Waals surface area (Å²) in [5.74, 6) is 0.160. The summed E-state index contributed by atoms with van der Waals surface area (Å²) in [7, 11) is 1.48. The summed E-state index contributed by atoms with van der Waals surface area (Å²) in [6.45, 7) is 3.98. The SMILES string of the molecule is COc1cc(CNNC(=O)c2nc(C)cc(C)n2)ccc1O. The lowest BCUT2D eigenvalue weighted by Crippen LogP contribution is -2.37. The van der Waals surface area contributed by atoms with E-state index in [4.69, 9.17) is 4.74 Å². The van der Waals surface area contributed by atoms with Gasteiger partial charge < -0.3 is 9.84 Å². The van der Waals surface area contributed by atoms with Gasteiger partial charge in [0.25, 0.3) is 0 Å². The fraction of sp³-hybridized carbons (Fsp3) is 0.267. The maximum atomic E-state index is 12.0. The molecule has 1 aromatic heterocycles. The van der Waals surface area contributed by atoms with Crippen molar-refractivity contribution in [3.63, 3.8) is 0 Å². The number of aromatic hydroxyl groups is 1. The first kappa shape index (κ1) is 15.7. The predicted octanol–water partition coefficient (Wildman–Crippen LogP) is 1.24. The Balaban J connectivity index is 1.94. The molecular weight excluding hydrogens is 284 g/mol. The van der Waals surface area contributed by atoms with E-state index in [1.165, 1.54) is 13.2 Å². The van der Waals surface area contributed by atoms with Crippen LogP contribution in [0.5, 0.6) is 11.5 Å². The maximum Gasteiger partial charge on any atom is 0.303 e. The number of amides is 1. The van der Waals surface area contributed by atoms with Crippen LogP contribution < -0.4 is 15.6 Å². The molecule has 1 aromatic carbocycles. The van der Waals surface area contributed by atoms with Crippen molar-refractivity contribution in [3.8, 4) is 11.5 Å². The van der Waals surface area contributed by atoms with E-state index in [1.807, 2.05) is 13.8 Å². The van der Waals surface area contributed by atoms with E-state index in [1.54, 1.807) is 18.2 Å². The highest BCUT2D eigenvalue weighted by Crippen LogP contribution is 2.25. The molecule has 22 heavy (non-hydrogen) atoms. The van der Waals surface area contributed by atoms with E-state index in [9.17, 15) is 9.90 Å². The molecule has 1 amide bonds. The zero-order valence-corrected chi connectivity index (χ0v) is 12.7. The summed E-state index contributed by atoms with van der Waals surface area (Å²) in [4.78, 5) is 20.1. The van der Waals surface area contributed by atoms with Crippen LogP contribution in [0, 0.1) is 13.8 Å². The molecular formula is C15H18N4O3. The van der Waals surface area contributed by atoms with Gasteiger partial charge in [-0.1, -0.05) is 6.07 Å². The molecule has 0 aliphatic carbocycles. The van der Waals surface area contributed by atoms with E-state index in [0.717, 1.165) is 17.0 Å². The van der Waals surface area contributed by atoms with Crippen molar-refractivity contribution in [3.05, 3.63) is 47.0 Å². The van der Waals surface area contributed by atoms with Gasteiger partial charge in [0.1, 0.15) is 0 Å². The van der Waals surface area contributed by atoms with Gasteiger partial charge in [0.05, 0.1) is 7.11 Å². The highest BCUT2D eigenvalue weighted by molar-refractivity contribution is 5.90. The minimum absolute atomic E-state index is 0.0684. The molecule has 0 atom stereocenters. The van der Waals surface area contributed by atoms with E-state index >= 15 is 0 Å². The summed E-state index contributed by atoms with van der Waals surface area (Å²) in [6.07, 6.45) is 0. The van der Waals surface area contributed by atoms with Crippen molar-refractivity contribution in [1.82, 2.24) is 20.8 Å². The van der Waals surface area contributed by atoms with Crippen molar-refractivity contribution >= 4 is 5.91 Å². The molecule has 2 rings (SSSR count). The van der Waals surface area contributed by atoms with Crippen LogP contribution in [-0.2, 0) is 6.54 Å². The summed E-state index contributed by atoms with van der Waals surface area (Å²) in [5.41, 5.74) is 7.65. The lowest BCUT2D eigenvalue weighted by atomic mass is 10.2. The first-order valence-electron chi connectivity index (χ1n) is 6.71. The molecule has 0 aliphatic rings. The molecule has 0 fully saturated rings. The second kappa shape index (κ2) is 6.86. The van der Waals surface area contributed by atoms with Crippen LogP contribution in [-0.4, -0.2) is 28.1 Å². The number of hydrogen-bond acceptors (Lipinski definition) is 6. The summed E-state index contributed by atoms with van der Waals surface area (Å²) in [6, 6.07) is 6.74. The van der Waals surface area contributed by atoms with Crippen LogP contribution in [0.15, 0.2) is 24.3 Å². The molecule has 3 N–H and O–H groups in total. The monoisotopic (exact) mass is 302 g/mol. The molecule has 2 aromatic rings. The molecule has 0 radical (unpaired) electrons. The number of nitrogens with one attached hydrogen (secondary N) is 2. The quantitative estimate of drug-likeness (QED) is 0.719. The summed E-state index contributed by atoms with van der Waals surface area (Å²) >= 11 is 0. The molecule has 0 saturated carbocycles. The lowest BCUT2D eigenvalue weighted by Gasteiger charge is -2.09. The van der Waals surface area contributed by atoms with Crippen LogP contribution in [0.4, 0.5) is 0 Å². The zero-order chi connectivity index (χ0) is 16.1. The van der Waals surface area contributed by atoms with E-state index < -0.39 is 5.91 Å². The number of methoxy groups -OCH3 is 1. The number of ether oxygens (including phenoxy) is 1. The number of phenolic OH excluding ortho intramolecular Hbond substituents is 1. The van der Waals surface area contributed by atoms with Gasteiger partial charge in [0, 0.05) is 17.9 Å². The number of hydrazine groups is 1. The molecule has 0 aliphatic heterocycles. The Labute approximate surface area is 128 Å². The number of aromatic nitrogens is 2. The first-order valence-corrected chi connectivity index (χ1v) is 6.71. The fourth-order valence-electron chi connectivity index (χ4n) is 1.94. The van der Waals surface area contributed by atoms with Crippen molar-refractivity contribution in [2.45, 2.75) is 20.4 Å². The number of benzene rings is 1. The van der Waals surface area contributed by atoms with E-state index in [2.05, 4.69) is 20.8 Å². The number of phenols is 1. The Morgan fingerprint density at radius 3 is 2.55 bits per heavy atom. The van der Waals surface area contributed by atoms with E-state index in [0.29, 0.717) is 12.3 Å². The number of aryl methyl sites for hydroxylation is 2. The average Bonchev–Trinajstić information content (AvgIpc) is 2.47. The second-order valence-corrected chi connectivity index (χ2v) is 4.79.